The molecule has 250 valence electrons. The van der Waals surface area contributed by atoms with Crippen molar-refractivity contribution >= 4 is 38.8 Å². The number of para-hydroxylation sites is 1. The molecule has 1 unspecified atom stereocenters. The van der Waals surface area contributed by atoms with Crippen molar-refractivity contribution < 1.29 is 0 Å². The zero-order chi connectivity index (χ0) is 34.8. The van der Waals surface area contributed by atoms with Crippen molar-refractivity contribution in [3.63, 3.8) is 0 Å². The number of rotatable bonds is 5. The molecule has 0 radical (unpaired) electrons. The smallest absolute Gasteiger partial charge is 0.145 e. The number of benzene rings is 6. The molecule has 2 aliphatic heterocycles. The van der Waals surface area contributed by atoms with Crippen LogP contribution in [0.25, 0.3) is 49.9 Å². The van der Waals surface area contributed by atoms with E-state index in [0.717, 1.165) is 40.3 Å². The number of hydrogen-bond donors (Lipinski definition) is 2. The van der Waals surface area contributed by atoms with Gasteiger partial charge < -0.3 is 15.2 Å². The van der Waals surface area contributed by atoms with Crippen molar-refractivity contribution in [2.75, 3.05) is 6.54 Å². The SMILES string of the molecule is CC1(C)c2ccccc2-c2ccc3c4ccccc4n(-c4ccc(C5=NC(c6ccccc6)NC(c6ccc(C7=CNCC=C7)cc6)=C5)cc4)c3c21. The normalized spacial score (nSPS) is 17.1. The van der Waals surface area contributed by atoms with Crippen LogP contribution in [0.1, 0.15) is 53.4 Å². The molecule has 4 nitrogen and oxygen atoms in total. The van der Waals surface area contributed by atoms with Gasteiger partial charge in [0, 0.05) is 40.3 Å². The first-order valence-corrected chi connectivity index (χ1v) is 18.1. The molecule has 4 heteroatoms. The third-order valence-electron chi connectivity index (χ3n) is 11.1. The number of hydrogen-bond acceptors (Lipinski definition) is 3. The minimum atomic E-state index is -0.201. The van der Waals surface area contributed by atoms with Crippen LogP contribution in [-0.4, -0.2) is 16.8 Å². The highest BCUT2D eigenvalue weighted by atomic mass is 15.1. The van der Waals surface area contributed by atoms with Crippen molar-refractivity contribution in [3.05, 3.63) is 197 Å². The first kappa shape index (κ1) is 30.4. The highest BCUT2D eigenvalue weighted by Gasteiger charge is 2.38. The van der Waals surface area contributed by atoms with Gasteiger partial charge in [0.1, 0.15) is 6.17 Å². The maximum atomic E-state index is 5.27. The van der Waals surface area contributed by atoms with Gasteiger partial charge in [-0.3, -0.25) is 4.99 Å². The molecule has 0 fully saturated rings. The minimum Gasteiger partial charge on any atom is -0.387 e. The average Bonchev–Trinajstić information content (AvgIpc) is 3.67. The van der Waals surface area contributed by atoms with Crippen LogP contribution in [0.3, 0.4) is 0 Å². The van der Waals surface area contributed by atoms with Gasteiger partial charge in [0.2, 0.25) is 0 Å². The van der Waals surface area contributed by atoms with E-state index in [4.69, 9.17) is 4.99 Å². The van der Waals surface area contributed by atoms with Gasteiger partial charge in [-0.15, -0.1) is 0 Å². The zero-order valence-corrected chi connectivity index (χ0v) is 29.3. The van der Waals surface area contributed by atoms with Crippen LogP contribution in [0.15, 0.2) is 169 Å². The highest BCUT2D eigenvalue weighted by molar-refractivity contribution is 6.14. The Morgan fingerprint density at radius 3 is 2.21 bits per heavy atom. The van der Waals surface area contributed by atoms with E-state index >= 15 is 0 Å². The van der Waals surface area contributed by atoms with Crippen LogP contribution in [0, 0.1) is 0 Å². The molecule has 0 saturated heterocycles. The summed E-state index contributed by atoms with van der Waals surface area (Å²) in [6.45, 7) is 5.62. The van der Waals surface area contributed by atoms with Gasteiger partial charge in [-0.25, -0.2) is 0 Å². The maximum Gasteiger partial charge on any atom is 0.145 e. The Morgan fingerprint density at radius 1 is 0.673 bits per heavy atom. The molecule has 7 aromatic rings. The molecule has 0 spiro atoms. The number of nitrogens with one attached hydrogen (secondary N) is 2. The van der Waals surface area contributed by atoms with Crippen molar-refractivity contribution in [2.24, 2.45) is 4.99 Å². The van der Waals surface area contributed by atoms with Crippen molar-refractivity contribution in [1.82, 2.24) is 15.2 Å². The number of allylic oxidation sites excluding steroid dienone is 3. The standard InChI is InChI=1S/C48H38N4/c1-48(2)41-16-8-6-14-37(41)39-26-27-40-38-15-7-9-17-44(38)52(46(40)45(39)48)36-24-22-33(23-25-36)43-29-42(50-47(51-43)34-11-4-3-5-12-34)32-20-18-31(19-21-32)35-13-10-28-49-30-35/h3-27,29-30,47,49-50H,28H2,1-2H3. The molecule has 0 saturated carbocycles. The van der Waals surface area contributed by atoms with Gasteiger partial charge >= 0.3 is 0 Å². The first-order chi connectivity index (χ1) is 25.5. The lowest BCUT2D eigenvalue weighted by atomic mass is 9.81. The molecular formula is C48H38N4. The van der Waals surface area contributed by atoms with E-state index in [0.29, 0.717) is 0 Å². The monoisotopic (exact) mass is 670 g/mol. The topological polar surface area (TPSA) is 41.4 Å². The largest absolute Gasteiger partial charge is 0.387 e. The first-order valence-electron chi connectivity index (χ1n) is 18.1. The maximum absolute atomic E-state index is 5.27. The van der Waals surface area contributed by atoms with Gasteiger partial charge in [-0.1, -0.05) is 147 Å². The molecule has 0 bridgehead atoms. The van der Waals surface area contributed by atoms with Gasteiger partial charge in [0.15, 0.2) is 0 Å². The summed E-state index contributed by atoms with van der Waals surface area (Å²) in [7, 11) is 0. The summed E-state index contributed by atoms with van der Waals surface area (Å²) >= 11 is 0. The van der Waals surface area contributed by atoms with Gasteiger partial charge in [-0.05, 0) is 74.4 Å². The fourth-order valence-corrected chi connectivity index (χ4v) is 8.51. The molecule has 3 aliphatic rings. The molecule has 0 amide bonds. The van der Waals surface area contributed by atoms with Gasteiger partial charge in [0.25, 0.3) is 0 Å². The van der Waals surface area contributed by atoms with E-state index in [9.17, 15) is 0 Å². The molecule has 1 atom stereocenters. The summed E-state index contributed by atoms with van der Waals surface area (Å²) in [5.41, 5.74) is 16.7. The number of fused-ring (bicyclic) bond motifs is 7. The second-order valence-corrected chi connectivity index (χ2v) is 14.5. The second kappa shape index (κ2) is 11.9. The van der Waals surface area contributed by atoms with Crippen LogP contribution in [0.5, 0.6) is 0 Å². The Labute approximate surface area is 304 Å². The fourth-order valence-electron chi connectivity index (χ4n) is 8.51. The summed E-state index contributed by atoms with van der Waals surface area (Å²) in [6, 6.07) is 50.7. The molecule has 6 aromatic carbocycles. The van der Waals surface area contributed by atoms with Crippen LogP contribution >= 0.6 is 0 Å². The molecule has 1 aromatic heterocycles. The highest BCUT2D eigenvalue weighted by Crippen LogP contribution is 2.52. The van der Waals surface area contributed by atoms with Gasteiger partial charge in [0.05, 0.1) is 16.7 Å². The minimum absolute atomic E-state index is 0.131. The predicted octanol–water partition coefficient (Wildman–Crippen LogP) is 10.7. The number of aromatic nitrogens is 1. The summed E-state index contributed by atoms with van der Waals surface area (Å²) in [5, 5.41) is 9.61. The molecule has 3 heterocycles. The van der Waals surface area contributed by atoms with Crippen LogP contribution < -0.4 is 10.6 Å². The summed E-state index contributed by atoms with van der Waals surface area (Å²) in [4.78, 5) is 5.27. The second-order valence-electron chi connectivity index (χ2n) is 14.5. The molecule has 2 N–H and O–H groups in total. The van der Waals surface area contributed by atoms with Crippen LogP contribution in [-0.2, 0) is 5.41 Å². The summed E-state index contributed by atoms with van der Waals surface area (Å²) in [5.74, 6) is 0. The molecule has 52 heavy (non-hydrogen) atoms. The van der Waals surface area contributed by atoms with E-state index < -0.39 is 0 Å². The Bertz CT molecular complexity index is 2650. The lowest BCUT2D eigenvalue weighted by Crippen LogP contribution is -2.24. The van der Waals surface area contributed by atoms with Crippen molar-refractivity contribution in [1.29, 1.82) is 0 Å². The Hall–Kier alpha value is -6.39. The fraction of sp³-hybridized carbons (Fsp3) is 0.104. The lowest BCUT2D eigenvalue weighted by Gasteiger charge is -2.25. The summed E-state index contributed by atoms with van der Waals surface area (Å²) < 4.78 is 2.48. The lowest BCUT2D eigenvalue weighted by molar-refractivity contribution is 0.664. The van der Waals surface area contributed by atoms with E-state index in [-0.39, 0.29) is 11.6 Å². The van der Waals surface area contributed by atoms with E-state index in [1.165, 1.54) is 55.2 Å². The third kappa shape index (κ3) is 4.79. The predicted molar refractivity (Wildman–Crippen MR) is 217 cm³/mol. The number of nitrogens with zero attached hydrogens (tertiary/aromatic N) is 2. The van der Waals surface area contributed by atoms with Crippen molar-refractivity contribution in [2.45, 2.75) is 25.4 Å². The number of dihydropyridines is 1. The molecule has 1 aliphatic carbocycles. The van der Waals surface area contributed by atoms with Crippen LogP contribution in [0.4, 0.5) is 0 Å². The summed E-state index contributed by atoms with van der Waals surface area (Å²) in [6.07, 6.45) is 8.40. The zero-order valence-electron chi connectivity index (χ0n) is 29.3. The Kier molecular flexibility index (Phi) is 6.94. The Balaban J connectivity index is 1.08. The average molecular weight is 671 g/mol. The van der Waals surface area contributed by atoms with Crippen molar-refractivity contribution in [3.8, 4) is 16.8 Å². The van der Waals surface area contributed by atoms with Gasteiger partial charge in [-0.2, -0.15) is 0 Å². The van der Waals surface area contributed by atoms with E-state index in [1.807, 2.05) is 0 Å². The van der Waals surface area contributed by atoms with E-state index in [1.54, 1.807) is 0 Å². The Morgan fingerprint density at radius 2 is 1.40 bits per heavy atom. The molecule has 10 rings (SSSR count). The number of aliphatic imine (C=N–C) groups is 1. The van der Waals surface area contributed by atoms with E-state index in [2.05, 4.69) is 193 Å². The third-order valence-corrected chi connectivity index (χ3v) is 11.1. The molecular weight excluding hydrogens is 633 g/mol. The van der Waals surface area contributed by atoms with Crippen LogP contribution in [0.2, 0.25) is 0 Å². The quantitative estimate of drug-likeness (QED) is 0.191.